The lowest BCUT2D eigenvalue weighted by atomic mass is 10.2. The molecule has 0 aliphatic carbocycles. The number of ether oxygens (including phenoxy) is 2. The van der Waals surface area contributed by atoms with Crippen LogP contribution in [-0.4, -0.2) is 31.6 Å². The summed E-state index contributed by atoms with van der Waals surface area (Å²) in [6.45, 7) is 4.76. The molecule has 25 heavy (non-hydrogen) atoms. The molecule has 4 nitrogen and oxygen atoms in total. The first kappa shape index (κ1) is 19.1. The van der Waals surface area contributed by atoms with E-state index in [0.717, 1.165) is 10.4 Å². The van der Waals surface area contributed by atoms with Gasteiger partial charge in [0.25, 0.3) is 0 Å². The normalized spacial score (nSPS) is 10.7. The van der Waals surface area contributed by atoms with Gasteiger partial charge in [-0.15, -0.1) is 17.9 Å². The second-order valence-electron chi connectivity index (χ2n) is 5.16. The minimum absolute atomic E-state index is 0.0980. The van der Waals surface area contributed by atoms with E-state index in [0.29, 0.717) is 29.6 Å². The number of hydrogen-bond acceptors (Lipinski definition) is 4. The van der Waals surface area contributed by atoms with Gasteiger partial charge in [-0.1, -0.05) is 23.7 Å². The van der Waals surface area contributed by atoms with Gasteiger partial charge in [0, 0.05) is 17.5 Å². The summed E-state index contributed by atoms with van der Waals surface area (Å²) in [4.78, 5) is 15.3. The molecular weight excluding hydrogens is 358 g/mol. The zero-order chi connectivity index (χ0) is 18.2. The van der Waals surface area contributed by atoms with Gasteiger partial charge < -0.3 is 14.4 Å². The second kappa shape index (κ2) is 9.30. The van der Waals surface area contributed by atoms with Crippen molar-refractivity contribution in [3.8, 4) is 11.5 Å². The zero-order valence-electron chi connectivity index (χ0n) is 14.2. The van der Waals surface area contributed by atoms with Crippen LogP contribution < -0.4 is 9.47 Å². The average molecular weight is 378 g/mol. The molecule has 0 atom stereocenters. The van der Waals surface area contributed by atoms with Crippen molar-refractivity contribution < 1.29 is 14.3 Å². The molecule has 0 radical (unpaired) electrons. The number of halogens is 1. The van der Waals surface area contributed by atoms with Crippen molar-refractivity contribution in [2.24, 2.45) is 0 Å². The molecule has 0 saturated carbocycles. The minimum atomic E-state index is -0.0980. The van der Waals surface area contributed by atoms with Crippen LogP contribution in [0, 0.1) is 0 Å². The highest BCUT2D eigenvalue weighted by atomic mass is 35.5. The summed E-state index contributed by atoms with van der Waals surface area (Å²) < 4.78 is 10.5. The van der Waals surface area contributed by atoms with Crippen molar-refractivity contribution in [1.29, 1.82) is 0 Å². The number of methoxy groups -OCH3 is 2. The average Bonchev–Trinajstić information content (AvgIpc) is 3.11. The van der Waals surface area contributed by atoms with Crippen LogP contribution >= 0.6 is 22.9 Å². The molecular formula is C19H20ClNO3S. The third kappa shape index (κ3) is 5.11. The Kier molecular flexibility index (Phi) is 7.10. The lowest BCUT2D eigenvalue weighted by molar-refractivity contribution is -0.126. The van der Waals surface area contributed by atoms with Crippen molar-refractivity contribution in [2.75, 3.05) is 20.8 Å². The predicted octanol–water partition coefficient (Wildman–Crippen LogP) is 4.65. The van der Waals surface area contributed by atoms with Crippen molar-refractivity contribution in [3.63, 3.8) is 0 Å². The molecule has 0 aliphatic rings. The Morgan fingerprint density at radius 2 is 2.16 bits per heavy atom. The first-order chi connectivity index (χ1) is 12.1. The first-order valence-corrected chi connectivity index (χ1v) is 8.86. The van der Waals surface area contributed by atoms with E-state index >= 15 is 0 Å². The number of carbonyl (C=O) groups is 1. The highest BCUT2D eigenvalue weighted by molar-refractivity contribution is 7.09. The maximum absolute atomic E-state index is 12.5. The predicted molar refractivity (Wildman–Crippen MR) is 104 cm³/mol. The molecule has 1 aromatic heterocycles. The molecule has 0 aliphatic heterocycles. The van der Waals surface area contributed by atoms with Crippen LogP contribution in [0.4, 0.5) is 0 Å². The molecule has 2 rings (SSSR count). The molecule has 1 aromatic carbocycles. The maximum atomic E-state index is 12.5. The van der Waals surface area contributed by atoms with E-state index in [1.165, 1.54) is 13.2 Å². The van der Waals surface area contributed by atoms with Gasteiger partial charge in [-0.05, 0) is 35.2 Å². The molecule has 6 heteroatoms. The topological polar surface area (TPSA) is 38.8 Å². The van der Waals surface area contributed by atoms with Crippen molar-refractivity contribution in [1.82, 2.24) is 4.90 Å². The van der Waals surface area contributed by atoms with E-state index in [9.17, 15) is 4.79 Å². The van der Waals surface area contributed by atoms with E-state index in [1.54, 1.807) is 47.6 Å². The van der Waals surface area contributed by atoms with E-state index in [-0.39, 0.29) is 5.91 Å². The van der Waals surface area contributed by atoms with E-state index in [2.05, 4.69) is 6.58 Å². The molecule has 0 spiro atoms. The number of rotatable bonds is 8. The van der Waals surface area contributed by atoms with E-state index < -0.39 is 0 Å². The lowest BCUT2D eigenvalue weighted by Crippen LogP contribution is -2.28. The summed E-state index contributed by atoms with van der Waals surface area (Å²) in [6.07, 6.45) is 4.95. The quantitative estimate of drug-likeness (QED) is 0.496. The van der Waals surface area contributed by atoms with Gasteiger partial charge in [0.15, 0.2) is 11.5 Å². The largest absolute Gasteiger partial charge is 0.493 e. The van der Waals surface area contributed by atoms with Gasteiger partial charge in [0.1, 0.15) is 0 Å². The number of benzene rings is 1. The van der Waals surface area contributed by atoms with Crippen molar-refractivity contribution >= 4 is 34.9 Å². The number of nitrogens with zero attached hydrogens (tertiary/aromatic N) is 1. The Morgan fingerprint density at radius 1 is 1.36 bits per heavy atom. The van der Waals surface area contributed by atoms with Gasteiger partial charge >= 0.3 is 0 Å². The molecule has 0 saturated heterocycles. The molecule has 132 valence electrons. The monoisotopic (exact) mass is 377 g/mol. The molecule has 0 fully saturated rings. The fraction of sp³-hybridized carbons (Fsp3) is 0.211. The van der Waals surface area contributed by atoms with Crippen LogP contribution in [0.15, 0.2) is 48.4 Å². The van der Waals surface area contributed by atoms with Crippen LogP contribution in [0.3, 0.4) is 0 Å². The molecule has 0 unspecified atom stereocenters. The molecule has 0 bridgehead atoms. The highest BCUT2D eigenvalue weighted by Crippen LogP contribution is 2.36. The summed E-state index contributed by atoms with van der Waals surface area (Å²) in [6, 6.07) is 7.47. The molecule has 0 N–H and O–H groups in total. The first-order valence-electron chi connectivity index (χ1n) is 7.60. The zero-order valence-corrected chi connectivity index (χ0v) is 15.8. The summed E-state index contributed by atoms with van der Waals surface area (Å²) in [5, 5.41) is 2.42. The van der Waals surface area contributed by atoms with Crippen LogP contribution in [0.1, 0.15) is 10.4 Å². The Balaban J connectivity index is 2.17. The Hall–Kier alpha value is -2.24. The third-order valence-corrected chi connectivity index (χ3v) is 4.60. The minimum Gasteiger partial charge on any atom is -0.493 e. The summed E-state index contributed by atoms with van der Waals surface area (Å²) in [5.74, 6) is 0.890. The summed E-state index contributed by atoms with van der Waals surface area (Å²) in [5.41, 5.74) is 0.755. The standard InChI is InChI=1S/C19H20ClNO3S/c1-4-9-21(13-15-6-5-10-25-15)18(22)8-7-14-11-16(20)19(24-3)17(12-14)23-2/h4-8,10-12H,1,9,13H2,2-3H3/b8-7+. The van der Waals surface area contributed by atoms with Gasteiger partial charge in [0.05, 0.1) is 25.8 Å². The van der Waals surface area contributed by atoms with Gasteiger partial charge in [-0.25, -0.2) is 0 Å². The van der Waals surface area contributed by atoms with Crippen molar-refractivity contribution in [3.05, 3.63) is 63.8 Å². The highest BCUT2D eigenvalue weighted by Gasteiger charge is 2.12. The Labute approximate surface area is 156 Å². The SMILES string of the molecule is C=CCN(Cc1cccs1)C(=O)/C=C/c1cc(Cl)c(OC)c(OC)c1. The lowest BCUT2D eigenvalue weighted by Gasteiger charge is -2.18. The Morgan fingerprint density at radius 3 is 2.76 bits per heavy atom. The summed E-state index contributed by atoms with van der Waals surface area (Å²) in [7, 11) is 3.07. The molecule has 1 heterocycles. The number of amides is 1. The van der Waals surface area contributed by atoms with Crippen LogP contribution in [0.25, 0.3) is 6.08 Å². The van der Waals surface area contributed by atoms with Gasteiger partial charge in [-0.3, -0.25) is 4.79 Å². The summed E-state index contributed by atoms with van der Waals surface area (Å²) >= 11 is 7.81. The van der Waals surface area contributed by atoms with Crippen LogP contribution in [0.5, 0.6) is 11.5 Å². The molecule has 2 aromatic rings. The van der Waals surface area contributed by atoms with E-state index in [1.807, 2.05) is 17.5 Å². The Bertz CT molecular complexity index is 756. The van der Waals surface area contributed by atoms with E-state index in [4.69, 9.17) is 21.1 Å². The number of carbonyl (C=O) groups excluding carboxylic acids is 1. The molecule has 1 amide bonds. The number of hydrogen-bond donors (Lipinski definition) is 0. The smallest absolute Gasteiger partial charge is 0.247 e. The number of thiophene rings is 1. The third-order valence-electron chi connectivity index (χ3n) is 3.46. The fourth-order valence-electron chi connectivity index (χ4n) is 2.29. The van der Waals surface area contributed by atoms with Crippen LogP contribution in [-0.2, 0) is 11.3 Å². The fourth-order valence-corrected chi connectivity index (χ4v) is 3.30. The second-order valence-corrected chi connectivity index (χ2v) is 6.60. The van der Waals surface area contributed by atoms with Crippen molar-refractivity contribution in [2.45, 2.75) is 6.54 Å². The van der Waals surface area contributed by atoms with Crippen LogP contribution in [0.2, 0.25) is 5.02 Å². The van der Waals surface area contributed by atoms with Gasteiger partial charge in [-0.2, -0.15) is 0 Å². The maximum Gasteiger partial charge on any atom is 0.247 e. The van der Waals surface area contributed by atoms with Gasteiger partial charge in [0.2, 0.25) is 5.91 Å².